The molecule has 4 heteroatoms. The lowest BCUT2D eigenvalue weighted by Crippen LogP contribution is -2.33. The molecule has 1 atom stereocenters. The molecule has 4 nitrogen and oxygen atoms in total. The molecule has 2 aromatic rings. The number of alkyl carbamates (subject to hydrolysis) is 1. The number of rotatable bonds is 5. The van der Waals surface area contributed by atoms with E-state index in [1.807, 2.05) is 61.5 Å². The molecule has 21 heavy (non-hydrogen) atoms. The Hall–Kier alpha value is -2.49. The third-order valence-corrected chi connectivity index (χ3v) is 2.99. The van der Waals surface area contributed by atoms with Gasteiger partial charge in [-0.15, -0.1) is 0 Å². The maximum atomic E-state index is 11.1. The van der Waals surface area contributed by atoms with E-state index < -0.39 is 6.09 Å². The van der Waals surface area contributed by atoms with E-state index in [9.17, 15) is 4.79 Å². The summed E-state index contributed by atoms with van der Waals surface area (Å²) in [6.45, 7) is 1.94. The van der Waals surface area contributed by atoms with Gasteiger partial charge in [0.25, 0.3) is 0 Å². The van der Waals surface area contributed by atoms with Crippen molar-refractivity contribution in [1.29, 1.82) is 0 Å². The summed E-state index contributed by atoms with van der Waals surface area (Å²) in [5.41, 5.74) is 1.12. The summed E-state index contributed by atoms with van der Waals surface area (Å²) in [4.78, 5) is 11.1. The number of carbonyl (C=O) groups excluding carboxylic acids is 1. The molecule has 0 aromatic heterocycles. The van der Waals surface area contributed by atoms with E-state index in [-0.39, 0.29) is 6.04 Å². The standard InChI is InChI=1S/C17H19NO3/c1-13(18-17(19)20-2)12-14-8-10-16(11-9-14)21-15-6-4-3-5-7-15/h3-11,13H,12H2,1-2H3,(H,18,19). The fourth-order valence-corrected chi connectivity index (χ4v) is 1.98. The van der Waals surface area contributed by atoms with Crippen LogP contribution in [0, 0.1) is 0 Å². The minimum atomic E-state index is -0.411. The van der Waals surface area contributed by atoms with Gasteiger partial charge in [-0.1, -0.05) is 30.3 Å². The second-order valence-electron chi connectivity index (χ2n) is 4.80. The lowest BCUT2D eigenvalue weighted by atomic mass is 10.1. The Morgan fingerprint density at radius 2 is 1.67 bits per heavy atom. The first kappa shape index (κ1) is 14.9. The highest BCUT2D eigenvalue weighted by Gasteiger charge is 2.07. The summed E-state index contributed by atoms with van der Waals surface area (Å²) >= 11 is 0. The summed E-state index contributed by atoms with van der Waals surface area (Å²) < 4.78 is 10.3. The van der Waals surface area contributed by atoms with Gasteiger partial charge in [0.1, 0.15) is 11.5 Å². The second kappa shape index (κ2) is 7.33. The van der Waals surface area contributed by atoms with Crippen LogP contribution in [0.4, 0.5) is 4.79 Å². The number of methoxy groups -OCH3 is 1. The predicted octanol–water partition coefficient (Wildman–Crippen LogP) is 3.77. The zero-order valence-electron chi connectivity index (χ0n) is 12.2. The van der Waals surface area contributed by atoms with Crippen molar-refractivity contribution < 1.29 is 14.3 Å². The topological polar surface area (TPSA) is 47.6 Å². The largest absolute Gasteiger partial charge is 0.457 e. The molecule has 2 rings (SSSR count). The van der Waals surface area contributed by atoms with Gasteiger partial charge in [0.15, 0.2) is 0 Å². The predicted molar refractivity (Wildman–Crippen MR) is 81.7 cm³/mol. The van der Waals surface area contributed by atoms with Gasteiger partial charge in [-0.25, -0.2) is 4.79 Å². The maximum Gasteiger partial charge on any atom is 0.407 e. The molecule has 110 valence electrons. The van der Waals surface area contributed by atoms with E-state index in [2.05, 4.69) is 10.1 Å². The number of carbonyl (C=O) groups is 1. The van der Waals surface area contributed by atoms with E-state index in [1.165, 1.54) is 7.11 Å². The molecular weight excluding hydrogens is 266 g/mol. The Morgan fingerprint density at radius 3 is 2.29 bits per heavy atom. The Labute approximate surface area is 124 Å². The Kier molecular flexibility index (Phi) is 5.21. The average molecular weight is 285 g/mol. The van der Waals surface area contributed by atoms with Crippen molar-refractivity contribution in [1.82, 2.24) is 5.32 Å². The van der Waals surface area contributed by atoms with Gasteiger partial charge in [0, 0.05) is 6.04 Å². The lowest BCUT2D eigenvalue weighted by Gasteiger charge is -2.13. The molecule has 0 saturated carbocycles. The Balaban J connectivity index is 1.91. The van der Waals surface area contributed by atoms with Crippen LogP contribution < -0.4 is 10.1 Å². The van der Waals surface area contributed by atoms with Crippen LogP contribution in [-0.2, 0) is 11.2 Å². The fraction of sp³-hybridized carbons (Fsp3) is 0.235. The van der Waals surface area contributed by atoms with E-state index in [4.69, 9.17) is 4.74 Å². The van der Waals surface area contributed by atoms with Crippen LogP contribution in [-0.4, -0.2) is 19.2 Å². The zero-order valence-corrected chi connectivity index (χ0v) is 12.2. The van der Waals surface area contributed by atoms with Crippen LogP contribution in [0.2, 0.25) is 0 Å². The van der Waals surface area contributed by atoms with Crippen molar-refractivity contribution in [2.75, 3.05) is 7.11 Å². The van der Waals surface area contributed by atoms with E-state index >= 15 is 0 Å². The monoisotopic (exact) mass is 285 g/mol. The average Bonchev–Trinajstić information content (AvgIpc) is 2.50. The third-order valence-electron chi connectivity index (χ3n) is 2.99. The van der Waals surface area contributed by atoms with Gasteiger partial charge in [0.05, 0.1) is 7.11 Å². The first-order chi connectivity index (χ1) is 10.2. The van der Waals surface area contributed by atoms with Gasteiger partial charge in [0.2, 0.25) is 0 Å². The molecular formula is C17H19NO3. The number of para-hydroxylation sites is 1. The smallest absolute Gasteiger partial charge is 0.407 e. The Morgan fingerprint density at radius 1 is 1.05 bits per heavy atom. The van der Waals surface area contributed by atoms with Gasteiger partial charge < -0.3 is 14.8 Å². The van der Waals surface area contributed by atoms with Crippen molar-refractivity contribution >= 4 is 6.09 Å². The number of hydrogen-bond donors (Lipinski definition) is 1. The summed E-state index contributed by atoms with van der Waals surface area (Å²) in [5.74, 6) is 1.60. The first-order valence-electron chi connectivity index (χ1n) is 6.83. The maximum absolute atomic E-state index is 11.1. The van der Waals surface area contributed by atoms with Crippen molar-refractivity contribution in [3.8, 4) is 11.5 Å². The van der Waals surface area contributed by atoms with Crippen LogP contribution in [0.3, 0.4) is 0 Å². The van der Waals surface area contributed by atoms with E-state index in [0.717, 1.165) is 23.5 Å². The van der Waals surface area contributed by atoms with E-state index in [1.54, 1.807) is 0 Å². The quantitative estimate of drug-likeness (QED) is 0.909. The van der Waals surface area contributed by atoms with Crippen molar-refractivity contribution in [3.05, 3.63) is 60.2 Å². The minimum Gasteiger partial charge on any atom is -0.457 e. The third kappa shape index (κ3) is 4.84. The van der Waals surface area contributed by atoms with Crippen LogP contribution in [0.1, 0.15) is 12.5 Å². The molecule has 0 aliphatic rings. The first-order valence-corrected chi connectivity index (χ1v) is 6.83. The number of ether oxygens (including phenoxy) is 2. The lowest BCUT2D eigenvalue weighted by molar-refractivity contribution is 0.167. The van der Waals surface area contributed by atoms with Crippen molar-refractivity contribution in [2.24, 2.45) is 0 Å². The highest BCUT2D eigenvalue weighted by atomic mass is 16.5. The molecule has 1 amide bonds. The van der Waals surface area contributed by atoms with Crippen LogP contribution in [0.5, 0.6) is 11.5 Å². The van der Waals surface area contributed by atoms with Crippen molar-refractivity contribution in [2.45, 2.75) is 19.4 Å². The van der Waals surface area contributed by atoms with E-state index in [0.29, 0.717) is 0 Å². The number of nitrogens with one attached hydrogen (secondary N) is 1. The van der Waals surface area contributed by atoms with Crippen LogP contribution >= 0.6 is 0 Å². The van der Waals surface area contributed by atoms with Gasteiger partial charge >= 0.3 is 6.09 Å². The summed E-state index contributed by atoms with van der Waals surface area (Å²) in [6, 6.07) is 17.5. The molecule has 0 saturated heterocycles. The van der Waals surface area contributed by atoms with Crippen molar-refractivity contribution in [3.63, 3.8) is 0 Å². The molecule has 2 aromatic carbocycles. The normalized spacial score (nSPS) is 11.5. The second-order valence-corrected chi connectivity index (χ2v) is 4.80. The summed E-state index contributed by atoms with van der Waals surface area (Å²) in [7, 11) is 1.36. The Bertz CT molecular complexity index is 566. The molecule has 1 unspecified atom stereocenters. The number of amides is 1. The van der Waals surface area contributed by atoms with Gasteiger partial charge in [-0.3, -0.25) is 0 Å². The molecule has 0 radical (unpaired) electrons. The summed E-state index contributed by atoms with van der Waals surface area (Å²) in [5, 5.41) is 2.74. The zero-order chi connectivity index (χ0) is 15.1. The molecule has 0 aliphatic heterocycles. The number of benzene rings is 2. The van der Waals surface area contributed by atoms with Crippen LogP contribution in [0.15, 0.2) is 54.6 Å². The highest BCUT2D eigenvalue weighted by molar-refractivity contribution is 5.67. The fourth-order valence-electron chi connectivity index (χ4n) is 1.98. The molecule has 0 bridgehead atoms. The molecule has 0 heterocycles. The summed E-state index contributed by atoms with van der Waals surface area (Å²) in [6.07, 6.45) is 0.326. The molecule has 0 aliphatic carbocycles. The SMILES string of the molecule is COC(=O)NC(C)Cc1ccc(Oc2ccccc2)cc1. The number of hydrogen-bond acceptors (Lipinski definition) is 3. The van der Waals surface area contributed by atoms with Gasteiger partial charge in [-0.05, 0) is 43.2 Å². The minimum absolute atomic E-state index is 0.0124. The molecule has 1 N–H and O–H groups in total. The van der Waals surface area contributed by atoms with Gasteiger partial charge in [-0.2, -0.15) is 0 Å². The highest BCUT2D eigenvalue weighted by Crippen LogP contribution is 2.21. The molecule has 0 spiro atoms. The molecule has 0 fully saturated rings. The van der Waals surface area contributed by atoms with Crippen LogP contribution in [0.25, 0.3) is 0 Å².